The highest BCUT2D eigenvalue weighted by Gasteiger charge is 2.17. The number of hydrogen-bond donors (Lipinski definition) is 2. The van der Waals surface area contributed by atoms with Crippen molar-refractivity contribution in [2.75, 3.05) is 5.32 Å². The quantitative estimate of drug-likeness (QED) is 0.656. The number of anilines is 1. The Morgan fingerprint density at radius 3 is 2.11 bits per heavy atom. The van der Waals surface area contributed by atoms with Crippen molar-refractivity contribution in [3.63, 3.8) is 0 Å². The van der Waals surface area contributed by atoms with Gasteiger partial charge < -0.3 is 11.1 Å². The molecule has 0 amide bonds. The van der Waals surface area contributed by atoms with Crippen molar-refractivity contribution in [1.82, 2.24) is 0 Å². The van der Waals surface area contributed by atoms with Crippen molar-refractivity contribution in [3.8, 4) is 0 Å². The maximum Gasteiger partial charge on any atom is 0.150 e. The summed E-state index contributed by atoms with van der Waals surface area (Å²) in [7, 11) is 0. The van der Waals surface area contributed by atoms with Gasteiger partial charge in [0.1, 0.15) is 22.3 Å². The van der Waals surface area contributed by atoms with Gasteiger partial charge >= 0.3 is 0 Å². The van der Waals surface area contributed by atoms with Crippen molar-refractivity contribution in [1.29, 1.82) is 0 Å². The normalized spacial score (nSPS) is 16.9. The summed E-state index contributed by atoms with van der Waals surface area (Å²) in [6, 6.07) is 2.51. The Balaban J connectivity index is 2.17. The first kappa shape index (κ1) is 14.2. The molecule has 1 aliphatic rings. The van der Waals surface area contributed by atoms with E-state index in [2.05, 4.69) is 5.32 Å². The second-order valence-corrected chi connectivity index (χ2v) is 5.45. The topological polar surface area (TPSA) is 38.0 Å². The van der Waals surface area contributed by atoms with Gasteiger partial charge in [-0.3, -0.25) is 0 Å². The maximum atomic E-state index is 13.9. The fourth-order valence-electron chi connectivity index (χ4n) is 2.48. The van der Waals surface area contributed by atoms with Gasteiger partial charge in [0, 0.05) is 11.6 Å². The summed E-state index contributed by atoms with van der Waals surface area (Å²) in [5, 5.41) is 2.99. The first-order chi connectivity index (χ1) is 9.08. The smallest absolute Gasteiger partial charge is 0.150 e. The number of thiocarbonyl (C=S) groups is 1. The van der Waals surface area contributed by atoms with Crippen LogP contribution in [0.15, 0.2) is 12.1 Å². The van der Waals surface area contributed by atoms with E-state index in [0.29, 0.717) is 0 Å². The molecule has 0 aromatic heterocycles. The average molecular weight is 284 g/mol. The molecule has 5 heteroatoms. The molecule has 0 heterocycles. The van der Waals surface area contributed by atoms with Crippen LogP contribution in [0.5, 0.6) is 0 Å². The lowest BCUT2D eigenvalue weighted by molar-refractivity contribution is 0.565. The van der Waals surface area contributed by atoms with Crippen molar-refractivity contribution in [3.05, 3.63) is 29.3 Å². The molecular formula is C14H18F2N2S. The molecule has 1 fully saturated rings. The van der Waals surface area contributed by atoms with Crippen LogP contribution in [0.2, 0.25) is 0 Å². The monoisotopic (exact) mass is 284 g/mol. The SMILES string of the molecule is NC(=S)c1cc(F)c(NC2CCCCCC2)c(F)c1. The molecule has 1 saturated carbocycles. The molecule has 2 rings (SSSR count). The molecule has 0 saturated heterocycles. The van der Waals surface area contributed by atoms with Gasteiger partial charge in [0.25, 0.3) is 0 Å². The summed E-state index contributed by atoms with van der Waals surface area (Å²) < 4.78 is 27.8. The minimum absolute atomic E-state index is 0.00110. The van der Waals surface area contributed by atoms with Crippen LogP contribution in [-0.2, 0) is 0 Å². The maximum absolute atomic E-state index is 13.9. The highest BCUT2D eigenvalue weighted by atomic mass is 32.1. The van der Waals surface area contributed by atoms with E-state index in [1.54, 1.807) is 0 Å². The Hall–Kier alpha value is -1.23. The Bertz CT molecular complexity index is 446. The fraction of sp³-hybridized carbons (Fsp3) is 0.500. The van der Waals surface area contributed by atoms with E-state index in [-0.39, 0.29) is 22.3 Å². The van der Waals surface area contributed by atoms with Gasteiger partial charge in [-0.15, -0.1) is 0 Å². The summed E-state index contributed by atoms with van der Waals surface area (Å²) in [4.78, 5) is -0.00110. The van der Waals surface area contributed by atoms with E-state index in [9.17, 15) is 8.78 Å². The van der Waals surface area contributed by atoms with Gasteiger partial charge in [0.15, 0.2) is 0 Å². The Morgan fingerprint density at radius 1 is 1.11 bits per heavy atom. The zero-order valence-corrected chi connectivity index (χ0v) is 11.5. The highest BCUT2D eigenvalue weighted by molar-refractivity contribution is 7.80. The largest absolute Gasteiger partial charge is 0.389 e. The van der Waals surface area contributed by atoms with Crippen LogP contribution in [-0.4, -0.2) is 11.0 Å². The minimum atomic E-state index is -0.632. The first-order valence-electron chi connectivity index (χ1n) is 6.63. The van der Waals surface area contributed by atoms with Crippen LogP contribution in [0.3, 0.4) is 0 Å². The van der Waals surface area contributed by atoms with E-state index in [4.69, 9.17) is 18.0 Å². The predicted octanol–water partition coefficient (Wildman–Crippen LogP) is 3.73. The summed E-state index contributed by atoms with van der Waals surface area (Å²) in [5.41, 5.74) is 5.54. The molecule has 1 aromatic carbocycles. The molecule has 3 N–H and O–H groups in total. The lowest BCUT2D eigenvalue weighted by Gasteiger charge is -2.19. The molecule has 1 aliphatic carbocycles. The second-order valence-electron chi connectivity index (χ2n) is 5.01. The molecule has 0 spiro atoms. The number of rotatable bonds is 3. The van der Waals surface area contributed by atoms with E-state index in [1.807, 2.05) is 0 Å². The van der Waals surface area contributed by atoms with Crippen LogP contribution >= 0.6 is 12.2 Å². The molecule has 2 nitrogen and oxygen atoms in total. The van der Waals surface area contributed by atoms with Crippen molar-refractivity contribution in [2.24, 2.45) is 5.73 Å². The van der Waals surface area contributed by atoms with Gasteiger partial charge in [-0.1, -0.05) is 37.9 Å². The third-order valence-electron chi connectivity index (χ3n) is 3.53. The zero-order valence-electron chi connectivity index (χ0n) is 10.7. The minimum Gasteiger partial charge on any atom is -0.389 e. The predicted molar refractivity (Wildman–Crippen MR) is 77.4 cm³/mol. The van der Waals surface area contributed by atoms with Gasteiger partial charge in [-0.25, -0.2) is 8.78 Å². The third-order valence-corrected chi connectivity index (χ3v) is 3.77. The lowest BCUT2D eigenvalue weighted by atomic mass is 10.1. The first-order valence-corrected chi connectivity index (χ1v) is 7.04. The second kappa shape index (κ2) is 6.28. The molecule has 0 aliphatic heterocycles. The van der Waals surface area contributed by atoms with E-state index in [0.717, 1.165) is 25.7 Å². The summed E-state index contributed by atoms with van der Waals surface area (Å²) in [6.45, 7) is 0. The van der Waals surface area contributed by atoms with E-state index in [1.165, 1.54) is 25.0 Å². The number of nitrogens with two attached hydrogens (primary N) is 1. The van der Waals surface area contributed by atoms with Crippen LogP contribution in [0.4, 0.5) is 14.5 Å². The van der Waals surface area contributed by atoms with Gasteiger partial charge in [-0.05, 0) is 25.0 Å². The molecule has 104 valence electrons. The van der Waals surface area contributed by atoms with Crippen LogP contribution in [0.25, 0.3) is 0 Å². The molecule has 19 heavy (non-hydrogen) atoms. The van der Waals surface area contributed by atoms with E-state index >= 15 is 0 Å². The zero-order chi connectivity index (χ0) is 13.8. The third kappa shape index (κ3) is 3.62. The van der Waals surface area contributed by atoms with Crippen LogP contribution < -0.4 is 11.1 Å². The summed E-state index contributed by atoms with van der Waals surface area (Å²) in [5.74, 6) is -1.26. The Labute approximate surface area is 117 Å². The van der Waals surface area contributed by atoms with Crippen LogP contribution in [0, 0.1) is 11.6 Å². The fourth-order valence-corrected chi connectivity index (χ4v) is 2.60. The number of halogens is 2. The molecule has 0 atom stereocenters. The average Bonchev–Trinajstić information content (AvgIpc) is 2.61. The molecule has 0 radical (unpaired) electrons. The summed E-state index contributed by atoms with van der Waals surface area (Å²) in [6.07, 6.45) is 6.51. The number of hydrogen-bond acceptors (Lipinski definition) is 2. The van der Waals surface area contributed by atoms with Gasteiger partial charge in [0.2, 0.25) is 0 Å². The van der Waals surface area contributed by atoms with E-state index < -0.39 is 11.6 Å². The number of benzene rings is 1. The molecule has 1 aromatic rings. The van der Waals surface area contributed by atoms with Crippen molar-refractivity contribution >= 4 is 22.9 Å². The van der Waals surface area contributed by atoms with Gasteiger partial charge in [0.05, 0.1) is 0 Å². The van der Waals surface area contributed by atoms with Crippen LogP contribution in [0.1, 0.15) is 44.1 Å². The number of nitrogens with one attached hydrogen (secondary N) is 1. The van der Waals surface area contributed by atoms with Gasteiger partial charge in [-0.2, -0.15) is 0 Å². The molecule has 0 unspecified atom stereocenters. The molecular weight excluding hydrogens is 266 g/mol. The van der Waals surface area contributed by atoms with Crippen molar-refractivity contribution in [2.45, 2.75) is 44.6 Å². The standard InChI is InChI=1S/C14H18F2N2S/c15-11-7-9(14(17)19)8-12(16)13(11)18-10-5-3-1-2-4-6-10/h7-8,10,18H,1-6H2,(H2,17,19). The Morgan fingerprint density at radius 2 is 1.63 bits per heavy atom. The van der Waals surface area contributed by atoms with Crippen molar-refractivity contribution < 1.29 is 8.78 Å². The Kier molecular flexibility index (Phi) is 4.69. The lowest BCUT2D eigenvalue weighted by Crippen LogP contribution is -2.20. The highest BCUT2D eigenvalue weighted by Crippen LogP contribution is 2.26. The summed E-state index contributed by atoms with van der Waals surface area (Å²) >= 11 is 4.73. The molecule has 0 bridgehead atoms.